The maximum atomic E-state index is 14.4. The summed E-state index contributed by atoms with van der Waals surface area (Å²) in [5.74, 6) is -4.32. The minimum absolute atomic E-state index is 0.0139. The van der Waals surface area contributed by atoms with Gasteiger partial charge in [0.2, 0.25) is 5.91 Å². The van der Waals surface area contributed by atoms with E-state index in [4.69, 9.17) is 0 Å². The van der Waals surface area contributed by atoms with E-state index in [1.165, 1.54) is 24.3 Å². The summed E-state index contributed by atoms with van der Waals surface area (Å²) in [6.07, 6.45) is -0.143. The molecule has 0 radical (unpaired) electrons. The summed E-state index contributed by atoms with van der Waals surface area (Å²) < 4.78 is 41.3. The first-order valence-corrected chi connectivity index (χ1v) is 9.07. The molecule has 0 fully saturated rings. The fourth-order valence-electron chi connectivity index (χ4n) is 3.36. The summed E-state index contributed by atoms with van der Waals surface area (Å²) in [7, 11) is 0. The maximum Gasteiger partial charge on any atom is 0.346 e. The van der Waals surface area contributed by atoms with Crippen LogP contribution in [0.2, 0.25) is 0 Å². The van der Waals surface area contributed by atoms with Crippen LogP contribution in [-0.2, 0) is 4.79 Å². The Morgan fingerprint density at radius 3 is 2.43 bits per heavy atom. The molecule has 0 bridgehead atoms. The van der Waals surface area contributed by atoms with Crippen LogP contribution in [0, 0.1) is 17.5 Å². The van der Waals surface area contributed by atoms with Gasteiger partial charge in [-0.05, 0) is 41.5 Å². The molecule has 1 aromatic heterocycles. The predicted molar refractivity (Wildman–Crippen MR) is 98.1 cm³/mol. The number of carboxylic acid groups (broad SMARTS) is 1. The highest BCUT2D eigenvalue weighted by Gasteiger charge is 2.35. The van der Waals surface area contributed by atoms with Crippen LogP contribution >= 0.6 is 11.3 Å². The van der Waals surface area contributed by atoms with Crippen molar-refractivity contribution in [3.8, 4) is 11.1 Å². The van der Waals surface area contributed by atoms with Gasteiger partial charge in [-0.15, -0.1) is 11.3 Å². The van der Waals surface area contributed by atoms with Gasteiger partial charge in [-0.3, -0.25) is 4.79 Å². The first-order valence-electron chi connectivity index (χ1n) is 8.26. The molecule has 2 heterocycles. The van der Waals surface area contributed by atoms with Crippen molar-refractivity contribution in [1.82, 2.24) is 0 Å². The van der Waals surface area contributed by atoms with Gasteiger partial charge in [-0.1, -0.05) is 12.1 Å². The van der Waals surface area contributed by atoms with Crippen LogP contribution in [0.25, 0.3) is 11.1 Å². The van der Waals surface area contributed by atoms with Crippen molar-refractivity contribution in [2.24, 2.45) is 0 Å². The highest BCUT2D eigenvalue weighted by molar-refractivity contribution is 7.15. The van der Waals surface area contributed by atoms with Gasteiger partial charge in [0.1, 0.15) is 22.3 Å². The lowest BCUT2D eigenvalue weighted by atomic mass is 9.88. The van der Waals surface area contributed by atoms with Crippen LogP contribution < -0.4 is 5.32 Å². The second kappa shape index (κ2) is 6.79. The Bertz CT molecular complexity index is 1110. The molecule has 0 spiro atoms. The average molecular weight is 403 g/mol. The summed E-state index contributed by atoms with van der Waals surface area (Å²) in [6.45, 7) is 0. The molecule has 4 nitrogen and oxygen atoms in total. The lowest BCUT2D eigenvalue weighted by Gasteiger charge is -2.24. The zero-order chi connectivity index (χ0) is 20.0. The van der Waals surface area contributed by atoms with E-state index >= 15 is 0 Å². The van der Waals surface area contributed by atoms with Gasteiger partial charge in [0.25, 0.3) is 0 Å². The number of aromatic carboxylic acids is 1. The van der Waals surface area contributed by atoms with E-state index in [0.717, 1.165) is 29.5 Å². The highest BCUT2D eigenvalue weighted by atomic mass is 32.1. The Morgan fingerprint density at radius 1 is 1.07 bits per heavy atom. The molecule has 28 heavy (non-hydrogen) atoms. The molecule has 1 aliphatic heterocycles. The van der Waals surface area contributed by atoms with Gasteiger partial charge < -0.3 is 10.4 Å². The van der Waals surface area contributed by atoms with Crippen LogP contribution in [0.1, 0.15) is 32.5 Å². The van der Waals surface area contributed by atoms with Crippen molar-refractivity contribution in [2.75, 3.05) is 5.32 Å². The van der Waals surface area contributed by atoms with Crippen molar-refractivity contribution >= 4 is 28.9 Å². The second-order valence-electron chi connectivity index (χ2n) is 6.33. The number of amides is 1. The molecule has 2 aromatic carbocycles. The van der Waals surface area contributed by atoms with Gasteiger partial charge in [0.15, 0.2) is 0 Å². The predicted octanol–water partition coefficient (Wildman–Crippen LogP) is 5.00. The monoisotopic (exact) mass is 403 g/mol. The Morgan fingerprint density at radius 2 is 1.75 bits per heavy atom. The first kappa shape index (κ1) is 18.2. The van der Waals surface area contributed by atoms with E-state index in [1.807, 2.05) is 0 Å². The molecular formula is C20H12F3NO3S. The third-order valence-corrected chi connectivity index (χ3v) is 5.86. The number of carbonyl (C=O) groups is 2. The zero-order valence-electron chi connectivity index (χ0n) is 14.1. The molecule has 0 saturated heterocycles. The molecule has 4 rings (SSSR count). The Balaban J connectivity index is 1.96. The molecule has 1 aliphatic rings. The molecule has 0 saturated carbocycles. The van der Waals surface area contributed by atoms with Gasteiger partial charge >= 0.3 is 5.97 Å². The lowest BCUT2D eigenvalue weighted by Crippen LogP contribution is -2.23. The van der Waals surface area contributed by atoms with Crippen molar-refractivity contribution in [3.05, 3.63) is 75.2 Å². The van der Waals surface area contributed by atoms with Crippen molar-refractivity contribution in [2.45, 2.75) is 12.3 Å². The third-order valence-electron chi connectivity index (χ3n) is 4.57. The summed E-state index contributed by atoms with van der Waals surface area (Å²) in [6, 6.07) is 8.14. The van der Waals surface area contributed by atoms with Crippen LogP contribution in [0.4, 0.5) is 18.9 Å². The topological polar surface area (TPSA) is 66.4 Å². The lowest BCUT2D eigenvalue weighted by molar-refractivity contribution is -0.116. The van der Waals surface area contributed by atoms with E-state index in [1.54, 1.807) is 0 Å². The van der Waals surface area contributed by atoms with Crippen molar-refractivity contribution < 1.29 is 27.9 Å². The van der Waals surface area contributed by atoms with Gasteiger partial charge in [0, 0.05) is 22.8 Å². The normalized spacial score (nSPS) is 15.8. The minimum atomic E-state index is -1.23. The van der Waals surface area contributed by atoms with Gasteiger partial charge in [-0.25, -0.2) is 18.0 Å². The molecule has 1 atom stereocenters. The number of thiophene rings is 1. The van der Waals surface area contributed by atoms with Crippen molar-refractivity contribution in [3.63, 3.8) is 0 Å². The second-order valence-corrected chi connectivity index (χ2v) is 7.38. The van der Waals surface area contributed by atoms with E-state index < -0.39 is 35.2 Å². The number of nitrogens with one attached hydrogen (secondary N) is 1. The largest absolute Gasteiger partial charge is 0.477 e. The number of hydrogen-bond acceptors (Lipinski definition) is 3. The average Bonchev–Trinajstić information content (AvgIpc) is 3.03. The summed E-state index contributed by atoms with van der Waals surface area (Å²) in [5, 5.41) is 12.3. The molecular weight excluding hydrogens is 391 g/mol. The molecule has 8 heteroatoms. The van der Waals surface area contributed by atoms with E-state index in [-0.39, 0.29) is 28.1 Å². The van der Waals surface area contributed by atoms with Crippen LogP contribution in [-0.4, -0.2) is 17.0 Å². The number of anilines is 1. The maximum absolute atomic E-state index is 14.4. The SMILES string of the molecule is O=C1C[C@H](c2cc(F)ccc2F)c2sc(C(=O)O)c(-c3ccc(F)cc3)c2N1. The Hall–Kier alpha value is -3.13. The fourth-order valence-corrected chi connectivity index (χ4v) is 4.60. The summed E-state index contributed by atoms with van der Waals surface area (Å²) in [4.78, 5) is 24.5. The zero-order valence-corrected chi connectivity index (χ0v) is 14.9. The van der Waals surface area contributed by atoms with E-state index in [2.05, 4.69) is 5.32 Å². The van der Waals surface area contributed by atoms with Crippen molar-refractivity contribution in [1.29, 1.82) is 0 Å². The first-order chi connectivity index (χ1) is 13.3. The van der Waals surface area contributed by atoms with E-state index in [9.17, 15) is 27.9 Å². The number of hydrogen-bond donors (Lipinski definition) is 2. The van der Waals surface area contributed by atoms with Gasteiger partial charge in [0.05, 0.1) is 5.69 Å². The smallest absolute Gasteiger partial charge is 0.346 e. The summed E-state index contributed by atoms with van der Waals surface area (Å²) in [5.41, 5.74) is 0.846. The molecule has 2 N–H and O–H groups in total. The quantitative estimate of drug-likeness (QED) is 0.647. The van der Waals surface area contributed by atoms with Crippen LogP contribution in [0.15, 0.2) is 42.5 Å². The number of carbonyl (C=O) groups excluding carboxylic acids is 1. The number of fused-ring (bicyclic) bond motifs is 1. The Kier molecular flexibility index (Phi) is 4.43. The van der Waals surface area contributed by atoms with Gasteiger partial charge in [-0.2, -0.15) is 0 Å². The van der Waals surface area contributed by atoms with Crippen LogP contribution in [0.5, 0.6) is 0 Å². The number of carboxylic acids is 1. The molecule has 3 aromatic rings. The molecule has 0 aliphatic carbocycles. The number of halogens is 3. The minimum Gasteiger partial charge on any atom is -0.477 e. The Labute approximate surface area is 161 Å². The third kappa shape index (κ3) is 3.05. The highest BCUT2D eigenvalue weighted by Crippen LogP contribution is 2.49. The molecule has 0 unspecified atom stereocenters. The van der Waals surface area contributed by atoms with E-state index in [0.29, 0.717) is 10.4 Å². The number of rotatable bonds is 3. The fraction of sp³-hybridized carbons (Fsp3) is 0.100. The summed E-state index contributed by atoms with van der Waals surface area (Å²) >= 11 is 0.891. The standard InChI is InChI=1S/C20H12F3NO3S/c21-10-3-1-9(2-4-10)16-17-18(28-19(16)20(26)27)13(8-15(25)24-17)12-7-11(22)5-6-14(12)23/h1-7,13H,8H2,(H,24,25)(H,26,27)/t13-/m1/s1. The number of benzene rings is 2. The molecule has 1 amide bonds. The van der Waals surface area contributed by atoms with Crippen LogP contribution in [0.3, 0.4) is 0 Å². The molecule has 142 valence electrons.